The average molecular weight is 594 g/mol. The number of hydrogen-bond donors (Lipinski definition) is 0. The van der Waals surface area contributed by atoms with Crippen LogP contribution in [0.4, 0.5) is 0 Å². The molecule has 0 saturated carbocycles. The monoisotopic (exact) mass is 592 g/mol. The Morgan fingerprint density at radius 1 is 0.605 bits per heavy atom. The third kappa shape index (κ3) is 6.74. The van der Waals surface area contributed by atoms with Gasteiger partial charge < -0.3 is 37.2 Å². The summed E-state index contributed by atoms with van der Waals surface area (Å²) in [5.41, 5.74) is 11.5. The molecule has 0 unspecified atom stereocenters. The molecule has 4 aromatic carbocycles. The Kier molecular flexibility index (Phi) is 13.3. The van der Waals surface area contributed by atoms with E-state index in [1.54, 1.807) is 0 Å². The molecule has 5 rings (SSSR count). The second kappa shape index (κ2) is 14.9. The van der Waals surface area contributed by atoms with Gasteiger partial charge in [-0.15, -0.1) is 0 Å². The summed E-state index contributed by atoms with van der Waals surface area (Å²) in [5.74, 6) is 0. The van der Waals surface area contributed by atoms with Crippen LogP contribution in [0.1, 0.15) is 45.4 Å². The summed E-state index contributed by atoms with van der Waals surface area (Å²) >= 11 is 0. The molecule has 0 amide bonds. The second-order valence-electron chi connectivity index (χ2n) is 9.53. The summed E-state index contributed by atoms with van der Waals surface area (Å²) in [4.78, 5) is 0. The van der Waals surface area contributed by atoms with Crippen molar-refractivity contribution in [2.24, 2.45) is 0 Å². The predicted molar refractivity (Wildman–Crippen MR) is 143 cm³/mol. The Hall–Kier alpha value is -2.06. The van der Waals surface area contributed by atoms with Crippen molar-refractivity contribution in [2.75, 3.05) is 0 Å². The van der Waals surface area contributed by atoms with Crippen LogP contribution in [0, 0.1) is 26.8 Å². The molecule has 0 nitrogen and oxygen atoms in total. The van der Waals surface area contributed by atoms with Gasteiger partial charge in [0.2, 0.25) is 0 Å². The van der Waals surface area contributed by atoms with Crippen molar-refractivity contribution in [3.63, 3.8) is 0 Å². The number of benzene rings is 4. The van der Waals surface area contributed by atoms with Gasteiger partial charge in [0.25, 0.3) is 0 Å². The Morgan fingerprint density at radius 3 is 1.47 bits per heavy atom. The third-order valence-electron chi connectivity index (χ3n) is 6.98. The smallest absolute Gasteiger partial charge is 1.00 e. The molecule has 192 valence electrons. The van der Waals surface area contributed by atoms with E-state index in [-0.39, 0.29) is 64.4 Å². The molecule has 0 aliphatic heterocycles. The summed E-state index contributed by atoms with van der Waals surface area (Å²) in [6, 6.07) is 38.0. The van der Waals surface area contributed by atoms with Crippen LogP contribution in [0.5, 0.6) is 0 Å². The summed E-state index contributed by atoms with van der Waals surface area (Å²) < 4.78 is 0. The summed E-state index contributed by atoms with van der Waals surface area (Å²) in [7, 11) is 0. The maximum atomic E-state index is 3.67. The Bertz CT molecular complexity index is 1280. The van der Waals surface area contributed by atoms with Crippen molar-refractivity contribution in [1.82, 2.24) is 0 Å². The molecule has 0 spiro atoms. The molecular formula is C34H31Cl3Ti. The van der Waals surface area contributed by atoms with Gasteiger partial charge in [0.1, 0.15) is 0 Å². The number of allylic oxidation sites excluding steroid dienone is 4. The van der Waals surface area contributed by atoms with Gasteiger partial charge in [0.05, 0.1) is 0 Å². The molecule has 1 aliphatic rings. The van der Waals surface area contributed by atoms with Gasteiger partial charge in [-0.1, -0.05) is 126 Å². The van der Waals surface area contributed by atoms with E-state index in [0.717, 1.165) is 12.8 Å². The maximum absolute atomic E-state index is 3.67. The first kappa shape index (κ1) is 34.0. The molecule has 0 N–H and O–H groups in total. The van der Waals surface area contributed by atoms with Gasteiger partial charge >= 0.3 is 21.7 Å². The molecule has 4 aromatic rings. The fourth-order valence-electron chi connectivity index (χ4n) is 5.48. The van der Waals surface area contributed by atoms with Crippen molar-refractivity contribution in [1.29, 1.82) is 0 Å². The minimum absolute atomic E-state index is 0. The van der Waals surface area contributed by atoms with Crippen LogP contribution in [-0.2, 0) is 33.6 Å². The fraction of sp³-hybridized carbons (Fsp3) is 0.176. The molecule has 38 heavy (non-hydrogen) atoms. The van der Waals surface area contributed by atoms with Crippen LogP contribution in [-0.4, -0.2) is 0 Å². The molecular weight excluding hydrogens is 563 g/mol. The van der Waals surface area contributed by atoms with Crippen LogP contribution < -0.4 is 37.2 Å². The van der Waals surface area contributed by atoms with E-state index in [1.165, 1.54) is 50.1 Å². The molecule has 0 atom stereocenters. The third-order valence-corrected chi connectivity index (χ3v) is 6.98. The molecule has 1 aliphatic carbocycles. The van der Waals surface area contributed by atoms with Crippen molar-refractivity contribution < 1.29 is 58.9 Å². The zero-order valence-corrected chi connectivity index (χ0v) is 25.8. The van der Waals surface area contributed by atoms with Crippen molar-refractivity contribution >= 4 is 0 Å². The molecule has 0 saturated heterocycles. The van der Waals surface area contributed by atoms with Crippen molar-refractivity contribution in [3.8, 4) is 0 Å². The standard InChI is InChI=1S/C34H31.3ClH.Ti/c1-25-11-7-17-30(21-25)34(31-18-8-12-26(2)22-31,32-19-9-13-27(3)23-32)33-20-10-16-29(33)24-28-14-5-4-6-15-28;;;;/h4-15,17-19,21-23H,20,24H2,1-3H3;3*1H;/q-1;;;;+4/p-3. The van der Waals surface area contributed by atoms with Crippen LogP contribution in [0.3, 0.4) is 0 Å². The van der Waals surface area contributed by atoms with Crippen molar-refractivity contribution in [3.05, 3.63) is 165 Å². The normalized spacial score (nSPS) is 12.1. The van der Waals surface area contributed by atoms with Crippen molar-refractivity contribution in [2.45, 2.75) is 39.0 Å². The maximum Gasteiger partial charge on any atom is 4.00 e. The first-order chi connectivity index (χ1) is 16.6. The zero-order valence-electron chi connectivity index (χ0n) is 21.9. The first-order valence-corrected chi connectivity index (χ1v) is 12.1. The minimum atomic E-state index is -0.381. The fourth-order valence-corrected chi connectivity index (χ4v) is 5.48. The van der Waals surface area contributed by atoms with E-state index in [1.807, 2.05) is 0 Å². The van der Waals surface area contributed by atoms with Gasteiger partial charge in [-0.2, -0.15) is 11.6 Å². The molecule has 0 fully saturated rings. The number of halogens is 3. The van der Waals surface area contributed by atoms with E-state index < -0.39 is 0 Å². The van der Waals surface area contributed by atoms with Gasteiger partial charge in [0.15, 0.2) is 0 Å². The SMILES string of the molecule is Cc1cccc(C(C2=C(Cc3ccccc3)[C-]=CC2)(c2cccc(C)c2)c2cccc(C)c2)c1.[Cl-].[Cl-].[Cl-].[Ti+4]. The second-order valence-corrected chi connectivity index (χ2v) is 9.53. The Morgan fingerprint density at radius 2 is 1.05 bits per heavy atom. The Labute approximate surface area is 261 Å². The molecule has 0 aromatic heterocycles. The van der Waals surface area contributed by atoms with E-state index in [4.69, 9.17) is 0 Å². The van der Waals surface area contributed by atoms with Gasteiger partial charge in [-0.25, -0.2) is 5.57 Å². The first-order valence-electron chi connectivity index (χ1n) is 12.1. The van der Waals surface area contributed by atoms with Crippen LogP contribution in [0.15, 0.2) is 120 Å². The molecule has 0 heterocycles. The molecule has 0 bridgehead atoms. The number of aryl methyl sites for hydroxylation is 3. The summed E-state index contributed by atoms with van der Waals surface area (Å²) in [6.07, 6.45) is 7.68. The topological polar surface area (TPSA) is 0 Å². The van der Waals surface area contributed by atoms with Gasteiger partial charge in [-0.3, -0.25) is 6.08 Å². The quantitative estimate of drug-likeness (QED) is 0.157. The van der Waals surface area contributed by atoms with Gasteiger partial charge in [0, 0.05) is 5.41 Å². The van der Waals surface area contributed by atoms with E-state index in [9.17, 15) is 0 Å². The predicted octanol–water partition coefficient (Wildman–Crippen LogP) is -0.742. The zero-order chi connectivity index (χ0) is 23.5. The van der Waals surface area contributed by atoms with Crippen LogP contribution >= 0.6 is 0 Å². The van der Waals surface area contributed by atoms with E-state index in [0.29, 0.717) is 0 Å². The molecule has 4 heteroatoms. The number of rotatable bonds is 6. The van der Waals surface area contributed by atoms with Crippen LogP contribution in [0.25, 0.3) is 0 Å². The van der Waals surface area contributed by atoms with Crippen LogP contribution in [0.2, 0.25) is 0 Å². The largest absolute Gasteiger partial charge is 4.00 e. The molecule has 0 radical (unpaired) electrons. The summed E-state index contributed by atoms with van der Waals surface area (Å²) in [5, 5.41) is 0. The average Bonchev–Trinajstić information content (AvgIpc) is 3.29. The van der Waals surface area contributed by atoms with E-state index in [2.05, 4.69) is 136 Å². The summed E-state index contributed by atoms with van der Waals surface area (Å²) in [6.45, 7) is 6.58. The van der Waals surface area contributed by atoms with Gasteiger partial charge in [-0.05, 0) is 49.4 Å². The minimum Gasteiger partial charge on any atom is -1.00 e. The Balaban J connectivity index is 0.00000180. The number of hydrogen-bond acceptors (Lipinski definition) is 0. The van der Waals surface area contributed by atoms with E-state index >= 15 is 0 Å².